The lowest BCUT2D eigenvalue weighted by molar-refractivity contribution is 0.0506. The number of unbranched alkanes of at least 4 members (excludes halogenated alkanes) is 2. The molecule has 2 rings (SSSR count). The normalized spacial score (nSPS) is 29.6. The number of fused-ring (bicyclic) bond motifs is 1. The maximum absolute atomic E-state index is 5.96. The van der Waals surface area contributed by atoms with Gasteiger partial charge < -0.3 is 4.74 Å². The van der Waals surface area contributed by atoms with E-state index in [-0.39, 0.29) is 0 Å². The van der Waals surface area contributed by atoms with Crippen LogP contribution >= 0.6 is 0 Å². The molecular weight excluding hydrogens is 172 g/mol. The summed E-state index contributed by atoms with van der Waals surface area (Å²) in [6, 6.07) is 0. The van der Waals surface area contributed by atoms with E-state index < -0.39 is 0 Å². The highest BCUT2D eigenvalue weighted by Gasteiger charge is 2.26. The summed E-state index contributed by atoms with van der Waals surface area (Å²) in [7, 11) is 0. The van der Waals surface area contributed by atoms with Gasteiger partial charge in [-0.15, -0.1) is 0 Å². The van der Waals surface area contributed by atoms with Gasteiger partial charge in [0, 0.05) is 5.92 Å². The SMILES string of the molecule is CCCCCC1CCC2C=CC=C2O1. The summed E-state index contributed by atoms with van der Waals surface area (Å²) in [6.45, 7) is 2.25. The molecule has 14 heavy (non-hydrogen) atoms. The Bertz CT molecular complexity index is 240. The molecule has 0 bridgehead atoms. The van der Waals surface area contributed by atoms with Crippen LogP contribution in [0.3, 0.4) is 0 Å². The Morgan fingerprint density at radius 3 is 3.14 bits per heavy atom. The predicted octanol–water partition coefficient (Wildman–Crippen LogP) is 3.82. The molecule has 1 fully saturated rings. The molecule has 78 valence electrons. The van der Waals surface area contributed by atoms with Crippen LogP contribution in [-0.2, 0) is 4.74 Å². The van der Waals surface area contributed by atoms with Gasteiger partial charge in [0.1, 0.15) is 5.76 Å². The first-order valence-corrected chi connectivity index (χ1v) is 5.95. The van der Waals surface area contributed by atoms with Crippen LogP contribution in [0.5, 0.6) is 0 Å². The van der Waals surface area contributed by atoms with Gasteiger partial charge in [0.15, 0.2) is 0 Å². The van der Waals surface area contributed by atoms with Crippen LogP contribution in [0.1, 0.15) is 45.4 Å². The molecule has 1 heteroatoms. The third-order valence-corrected chi connectivity index (χ3v) is 3.20. The Morgan fingerprint density at radius 1 is 1.36 bits per heavy atom. The van der Waals surface area contributed by atoms with E-state index in [1.165, 1.54) is 44.3 Å². The van der Waals surface area contributed by atoms with Gasteiger partial charge in [0.25, 0.3) is 0 Å². The van der Waals surface area contributed by atoms with Crippen molar-refractivity contribution < 1.29 is 4.74 Å². The van der Waals surface area contributed by atoms with Crippen LogP contribution in [0.15, 0.2) is 24.0 Å². The first-order chi connectivity index (χ1) is 6.90. The molecule has 1 heterocycles. The van der Waals surface area contributed by atoms with Crippen molar-refractivity contribution in [2.45, 2.75) is 51.6 Å². The first kappa shape index (κ1) is 9.82. The van der Waals surface area contributed by atoms with Crippen molar-refractivity contribution in [3.63, 3.8) is 0 Å². The maximum Gasteiger partial charge on any atom is 0.103 e. The van der Waals surface area contributed by atoms with Crippen LogP contribution in [-0.4, -0.2) is 6.10 Å². The molecule has 0 N–H and O–H groups in total. The smallest absolute Gasteiger partial charge is 0.103 e. The lowest BCUT2D eigenvalue weighted by Crippen LogP contribution is -2.22. The molecule has 0 radical (unpaired) electrons. The van der Waals surface area contributed by atoms with Crippen molar-refractivity contribution >= 4 is 0 Å². The summed E-state index contributed by atoms with van der Waals surface area (Å²) < 4.78 is 5.96. The molecule has 1 nitrogen and oxygen atoms in total. The van der Waals surface area contributed by atoms with Gasteiger partial charge in [-0.05, 0) is 31.8 Å². The van der Waals surface area contributed by atoms with Gasteiger partial charge in [0.05, 0.1) is 6.10 Å². The minimum absolute atomic E-state index is 0.504. The summed E-state index contributed by atoms with van der Waals surface area (Å²) in [5.41, 5.74) is 0. The van der Waals surface area contributed by atoms with Crippen molar-refractivity contribution in [1.82, 2.24) is 0 Å². The molecule has 1 saturated heterocycles. The summed E-state index contributed by atoms with van der Waals surface area (Å²) in [6.07, 6.45) is 14.8. The molecule has 0 aromatic carbocycles. The van der Waals surface area contributed by atoms with Crippen molar-refractivity contribution in [2.75, 3.05) is 0 Å². The first-order valence-electron chi connectivity index (χ1n) is 5.95. The minimum atomic E-state index is 0.504. The zero-order valence-corrected chi connectivity index (χ0v) is 9.04. The summed E-state index contributed by atoms with van der Waals surface area (Å²) in [5.74, 6) is 1.83. The second-order valence-electron chi connectivity index (χ2n) is 4.37. The maximum atomic E-state index is 5.96. The molecule has 0 spiro atoms. The lowest BCUT2D eigenvalue weighted by Gasteiger charge is -2.29. The monoisotopic (exact) mass is 192 g/mol. The van der Waals surface area contributed by atoms with E-state index in [0.717, 1.165) is 0 Å². The highest BCUT2D eigenvalue weighted by molar-refractivity contribution is 5.24. The fraction of sp³-hybridized carbons (Fsp3) is 0.692. The molecule has 1 aliphatic heterocycles. The quantitative estimate of drug-likeness (QED) is 0.615. The molecule has 0 amide bonds. The Labute approximate surface area is 86.8 Å². The lowest BCUT2D eigenvalue weighted by atomic mass is 9.95. The van der Waals surface area contributed by atoms with Crippen LogP contribution in [0.4, 0.5) is 0 Å². The van der Waals surface area contributed by atoms with Gasteiger partial charge >= 0.3 is 0 Å². The Morgan fingerprint density at radius 2 is 2.29 bits per heavy atom. The molecule has 2 aliphatic rings. The summed E-state index contributed by atoms with van der Waals surface area (Å²) in [4.78, 5) is 0. The van der Waals surface area contributed by atoms with Crippen LogP contribution in [0.2, 0.25) is 0 Å². The van der Waals surface area contributed by atoms with E-state index in [9.17, 15) is 0 Å². The minimum Gasteiger partial charge on any atom is -0.494 e. The molecule has 0 aromatic heterocycles. The highest BCUT2D eigenvalue weighted by Crippen LogP contribution is 2.34. The average Bonchev–Trinajstić information content (AvgIpc) is 2.65. The topological polar surface area (TPSA) is 9.23 Å². The Kier molecular flexibility index (Phi) is 3.28. The molecule has 1 aliphatic carbocycles. The van der Waals surface area contributed by atoms with E-state index in [0.29, 0.717) is 12.0 Å². The van der Waals surface area contributed by atoms with E-state index in [2.05, 4.69) is 25.2 Å². The van der Waals surface area contributed by atoms with E-state index in [1.54, 1.807) is 0 Å². The van der Waals surface area contributed by atoms with Gasteiger partial charge in [-0.2, -0.15) is 0 Å². The molecule has 2 atom stereocenters. The fourth-order valence-corrected chi connectivity index (χ4v) is 2.31. The standard InChI is InChI=1S/C13H20O/c1-2-3-4-7-12-10-9-11-6-5-8-13(11)14-12/h5-6,8,11-12H,2-4,7,9-10H2,1H3. The zero-order chi connectivity index (χ0) is 9.80. The van der Waals surface area contributed by atoms with Crippen molar-refractivity contribution in [1.29, 1.82) is 0 Å². The second kappa shape index (κ2) is 4.68. The molecule has 0 aromatic rings. The number of allylic oxidation sites excluding steroid dienone is 3. The van der Waals surface area contributed by atoms with E-state index >= 15 is 0 Å². The zero-order valence-electron chi connectivity index (χ0n) is 9.04. The van der Waals surface area contributed by atoms with Crippen LogP contribution < -0.4 is 0 Å². The third-order valence-electron chi connectivity index (χ3n) is 3.20. The Balaban J connectivity index is 1.75. The highest BCUT2D eigenvalue weighted by atomic mass is 16.5. The number of hydrogen-bond donors (Lipinski definition) is 0. The van der Waals surface area contributed by atoms with Crippen LogP contribution in [0.25, 0.3) is 0 Å². The second-order valence-corrected chi connectivity index (χ2v) is 4.37. The average molecular weight is 192 g/mol. The van der Waals surface area contributed by atoms with Gasteiger partial charge in [-0.3, -0.25) is 0 Å². The Hall–Kier alpha value is -0.720. The third kappa shape index (κ3) is 2.20. The summed E-state index contributed by atoms with van der Waals surface area (Å²) in [5, 5.41) is 0. The molecule has 2 unspecified atom stereocenters. The number of hydrogen-bond acceptors (Lipinski definition) is 1. The van der Waals surface area contributed by atoms with Gasteiger partial charge in [-0.25, -0.2) is 0 Å². The fourth-order valence-electron chi connectivity index (χ4n) is 2.31. The largest absolute Gasteiger partial charge is 0.494 e. The van der Waals surface area contributed by atoms with Gasteiger partial charge in [-0.1, -0.05) is 31.9 Å². The number of rotatable bonds is 4. The van der Waals surface area contributed by atoms with Crippen molar-refractivity contribution in [3.05, 3.63) is 24.0 Å². The van der Waals surface area contributed by atoms with Crippen molar-refractivity contribution in [3.8, 4) is 0 Å². The van der Waals surface area contributed by atoms with E-state index in [1.807, 2.05) is 0 Å². The van der Waals surface area contributed by atoms with Crippen LogP contribution in [0, 0.1) is 5.92 Å². The van der Waals surface area contributed by atoms with Crippen molar-refractivity contribution in [2.24, 2.45) is 5.92 Å². The summed E-state index contributed by atoms with van der Waals surface area (Å²) >= 11 is 0. The predicted molar refractivity (Wildman–Crippen MR) is 59.0 cm³/mol. The number of ether oxygens (including phenoxy) is 1. The molecular formula is C13H20O. The van der Waals surface area contributed by atoms with E-state index in [4.69, 9.17) is 4.74 Å². The van der Waals surface area contributed by atoms with Gasteiger partial charge in [0.2, 0.25) is 0 Å². The molecule has 0 saturated carbocycles.